The van der Waals surface area contributed by atoms with Gasteiger partial charge in [-0.15, -0.1) is 0 Å². The zero-order valence-electron chi connectivity index (χ0n) is 19.3. The summed E-state index contributed by atoms with van der Waals surface area (Å²) >= 11 is 0. The number of hydrogen-bond donors (Lipinski definition) is 0. The number of rotatable bonds is 8. The van der Waals surface area contributed by atoms with Gasteiger partial charge in [-0.3, -0.25) is 9.88 Å². The van der Waals surface area contributed by atoms with Crippen molar-refractivity contribution >= 4 is 0 Å². The van der Waals surface area contributed by atoms with Gasteiger partial charge in [-0.2, -0.15) is 5.10 Å². The molecule has 0 saturated carbocycles. The summed E-state index contributed by atoms with van der Waals surface area (Å²) in [7, 11) is 0. The second kappa shape index (κ2) is 10.9. The van der Waals surface area contributed by atoms with Crippen LogP contribution in [0.5, 0.6) is 5.75 Å². The first kappa shape index (κ1) is 22.1. The molecule has 0 bridgehead atoms. The zero-order valence-corrected chi connectivity index (χ0v) is 19.3. The predicted octanol–water partition coefficient (Wildman–Crippen LogP) is 5.33. The number of hydrogen-bond acceptors (Lipinski definition) is 5. The molecule has 0 radical (unpaired) electrons. The summed E-state index contributed by atoms with van der Waals surface area (Å²) in [5.41, 5.74) is 3.31. The van der Waals surface area contributed by atoms with Gasteiger partial charge in [-0.1, -0.05) is 30.3 Å². The van der Waals surface area contributed by atoms with Crippen molar-refractivity contribution in [2.24, 2.45) is 5.92 Å². The molecule has 1 unspecified atom stereocenters. The van der Waals surface area contributed by atoms with E-state index in [1.54, 1.807) is 0 Å². The fraction of sp³-hybridized carbons (Fsp3) is 0.481. The van der Waals surface area contributed by atoms with Crippen LogP contribution in [0, 0.1) is 5.92 Å². The van der Waals surface area contributed by atoms with Gasteiger partial charge >= 0.3 is 0 Å². The van der Waals surface area contributed by atoms with Crippen molar-refractivity contribution in [3.63, 3.8) is 0 Å². The Labute approximate surface area is 196 Å². The molecule has 0 spiro atoms. The number of pyridine rings is 1. The summed E-state index contributed by atoms with van der Waals surface area (Å²) in [4.78, 5) is 7.21. The van der Waals surface area contributed by atoms with Gasteiger partial charge in [-0.05, 0) is 81.3 Å². The van der Waals surface area contributed by atoms with Crippen LogP contribution in [0.4, 0.5) is 0 Å². The molecule has 174 valence electrons. The van der Waals surface area contributed by atoms with Gasteiger partial charge in [0, 0.05) is 19.3 Å². The van der Waals surface area contributed by atoms with Gasteiger partial charge in [0.05, 0.1) is 24.2 Å². The lowest BCUT2D eigenvalue weighted by molar-refractivity contribution is -0.0384. The predicted molar refractivity (Wildman–Crippen MR) is 129 cm³/mol. The third-order valence-corrected chi connectivity index (χ3v) is 6.85. The van der Waals surface area contributed by atoms with E-state index in [0.29, 0.717) is 0 Å². The van der Waals surface area contributed by atoms with Crippen molar-refractivity contribution in [3.05, 3.63) is 66.5 Å². The number of piperidine rings is 1. The third-order valence-electron chi connectivity index (χ3n) is 6.85. The molecular formula is C27H34N4O2. The molecule has 3 aromatic rings. The lowest BCUT2D eigenvalue weighted by atomic mass is 9.93. The van der Waals surface area contributed by atoms with Crippen LogP contribution in [0.2, 0.25) is 0 Å². The van der Waals surface area contributed by atoms with Crippen LogP contribution in [-0.2, 0) is 11.3 Å². The van der Waals surface area contributed by atoms with Crippen LogP contribution < -0.4 is 4.74 Å². The standard InChI is InChI=1S/C27H34N4O2/c1-2-6-23(7-3-1)21-30-16-12-22(13-17-30)14-19-32-24-9-10-25(28-20-24)26-11-15-29-31(26)27-8-4-5-18-33-27/h1-3,6-7,9-11,15,20,22,27H,4-5,8,12-14,16-19,21H2. The third kappa shape index (κ3) is 5.81. The minimum atomic E-state index is 0.0144. The molecule has 6 heteroatoms. The highest BCUT2D eigenvalue weighted by atomic mass is 16.5. The average molecular weight is 447 g/mol. The Morgan fingerprint density at radius 2 is 1.85 bits per heavy atom. The number of ether oxygens (including phenoxy) is 2. The first-order valence-corrected chi connectivity index (χ1v) is 12.4. The Hall–Kier alpha value is -2.70. The maximum atomic E-state index is 6.03. The Kier molecular flexibility index (Phi) is 7.33. The molecule has 4 heterocycles. The minimum absolute atomic E-state index is 0.0144. The van der Waals surface area contributed by atoms with E-state index in [2.05, 4.69) is 45.3 Å². The Morgan fingerprint density at radius 1 is 0.970 bits per heavy atom. The van der Waals surface area contributed by atoms with Crippen LogP contribution in [0.15, 0.2) is 60.9 Å². The summed E-state index contributed by atoms with van der Waals surface area (Å²) in [5.74, 6) is 1.58. The van der Waals surface area contributed by atoms with Gasteiger partial charge in [0.1, 0.15) is 5.75 Å². The molecule has 2 aliphatic rings. The lowest BCUT2D eigenvalue weighted by Crippen LogP contribution is -2.33. The number of nitrogens with zero attached hydrogens (tertiary/aromatic N) is 4. The van der Waals surface area contributed by atoms with Crippen molar-refractivity contribution in [2.45, 2.75) is 51.3 Å². The maximum Gasteiger partial charge on any atom is 0.150 e. The number of likely N-dealkylation sites (tertiary alicyclic amines) is 1. The summed E-state index contributed by atoms with van der Waals surface area (Å²) in [5, 5.41) is 4.49. The first-order valence-electron chi connectivity index (χ1n) is 12.4. The van der Waals surface area contributed by atoms with E-state index in [1.807, 2.05) is 35.3 Å². The summed E-state index contributed by atoms with van der Waals surface area (Å²) in [6.45, 7) is 4.96. The molecule has 0 aliphatic carbocycles. The molecule has 0 N–H and O–H groups in total. The number of aromatic nitrogens is 3. The van der Waals surface area contributed by atoms with Crippen molar-refractivity contribution in [1.29, 1.82) is 0 Å². The topological polar surface area (TPSA) is 52.4 Å². The van der Waals surface area contributed by atoms with Gasteiger partial charge in [0.2, 0.25) is 0 Å². The lowest BCUT2D eigenvalue weighted by Gasteiger charge is -2.32. The highest BCUT2D eigenvalue weighted by Crippen LogP contribution is 2.28. The van der Waals surface area contributed by atoms with E-state index in [9.17, 15) is 0 Å². The smallest absolute Gasteiger partial charge is 0.150 e. The summed E-state index contributed by atoms with van der Waals surface area (Å²) in [6.07, 6.45) is 10.6. The molecule has 2 saturated heterocycles. The van der Waals surface area contributed by atoms with Crippen molar-refractivity contribution in [2.75, 3.05) is 26.3 Å². The average Bonchev–Trinajstić information content (AvgIpc) is 3.37. The van der Waals surface area contributed by atoms with Crippen LogP contribution in [-0.4, -0.2) is 46.0 Å². The van der Waals surface area contributed by atoms with Crippen LogP contribution in [0.1, 0.15) is 50.3 Å². The summed E-state index contributed by atoms with van der Waals surface area (Å²) < 4.78 is 13.9. The molecule has 5 rings (SSSR count). The Balaban J connectivity index is 1.07. The fourth-order valence-corrected chi connectivity index (χ4v) is 4.90. The fourth-order valence-electron chi connectivity index (χ4n) is 4.90. The van der Waals surface area contributed by atoms with Crippen LogP contribution in [0.25, 0.3) is 11.4 Å². The Morgan fingerprint density at radius 3 is 2.61 bits per heavy atom. The second-order valence-electron chi connectivity index (χ2n) is 9.20. The van der Waals surface area contributed by atoms with Gasteiger partial charge in [-0.25, -0.2) is 4.68 Å². The van der Waals surface area contributed by atoms with Gasteiger partial charge in [0.25, 0.3) is 0 Å². The molecule has 1 aromatic carbocycles. The molecule has 6 nitrogen and oxygen atoms in total. The van der Waals surface area contributed by atoms with Gasteiger partial charge < -0.3 is 9.47 Å². The Bertz CT molecular complexity index is 975. The van der Waals surface area contributed by atoms with Crippen LogP contribution in [0.3, 0.4) is 0 Å². The molecule has 2 aliphatic heterocycles. The second-order valence-corrected chi connectivity index (χ2v) is 9.20. The normalized spacial score (nSPS) is 20.1. The first-order chi connectivity index (χ1) is 16.3. The van der Waals surface area contributed by atoms with Crippen molar-refractivity contribution < 1.29 is 9.47 Å². The molecule has 0 amide bonds. The van der Waals surface area contributed by atoms with E-state index in [-0.39, 0.29) is 6.23 Å². The molecule has 2 aromatic heterocycles. The zero-order chi connectivity index (χ0) is 22.3. The molecule has 33 heavy (non-hydrogen) atoms. The van der Waals surface area contributed by atoms with E-state index in [1.165, 1.54) is 37.9 Å². The highest BCUT2D eigenvalue weighted by Gasteiger charge is 2.21. The monoisotopic (exact) mass is 446 g/mol. The van der Waals surface area contributed by atoms with E-state index in [4.69, 9.17) is 9.47 Å². The summed E-state index contributed by atoms with van der Waals surface area (Å²) in [6, 6.07) is 16.8. The van der Waals surface area contributed by atoms with Crippen molar-refractivity contribution in [3.8, 4) is 17.1 Å². The quantitative estimate of drug-likeness (QED) is 0.468. The van der Waals surface area contributed by atoms with E-state index >= 15 is 0 Å². The van der Waals surface area contributed by atoms with Gasteiger partial charge in [0.15, 0.2) is 6.23 Å². The van der Waals surface area contributed by atoms with Crippen molar-refractivity contribution in [1.82, 2.24) is 19.7 Å². The molecule has 1 atom stereocenters. The number of benzene rings is 1. The molecular weight excluding hydrogens is 412 g/mol. The van der Waals surface area contributed by atoms with E-state index < -0.39 is 0 Å². The minimum Gasteiger partial charge on any atom is -0.492 e. The SMILES string of the molecule is c1ccc(CN2CCC(CCOc3ccc(-c4ccnn4C4CCCCO4)nc3)CC2)cc1. The maximum absolute atomic E-state index is 6.03. The largest absolute Gasteiger partial charge is 0.492 e. The highest BCUT2D eigenvalue weighted by molar-refractivity contribution is 5.54. The molecule has 2 fully saturated rings. The van der Waals surface area contributed by atoms with E-state index in [0.717, 1.165) is 62.1 Å². The van der Waals surface area contributed by atoms with Crippen LogP contribution >= 0.6 is 0 Å².